The molecule has 3 aliphatic rings. The van der Waals surface area contributed by atoms with Crippen LogP contribution in [0.4, 0.5) is 23.0 Å². The molecule has 6 rings (SSSR count). The Hall–Kier alpha value is -3.93. The van der Waals surface area contributed by atoms with Crippen molar-refractivity contribution < 1.29 is 9.59 Å². The third-order valence-corrected chi connectivity index (χ3v) is 9.30. The summed E-state index contributed by atoms with van der Waals surface area (Å²) in [5.41, 5.74) is 17.0. The number of carbonyl (C=O) groups is 2. The van der Waals surface area contributed by atoms with Gasteiger partial charge in [0.2, 0.25) is 11.8 Å². The molecule has 1 atom stereocenters. The minimum Gasteiger partial charge on any atom is -0.382 e. The minimum absolute atomic E-state index is 0.140. The molecule has 2 amide bonds. The van der Waals surface area contributed by atoms with Gasteiger partial charge in [-0.25, -0.2) is 9.97 Å². The maximum Gasteiger partial charge on any atom is 0.249 e. The van der Waals surface area contributed by atoms with Crippen molar-refractivity contribution in [2.75, 3.05) is 60.1 Å². The van der Waals surface area contributed by atoms with Gasteiger partial charge < -0.3 is 26.6 Å². The number of imide groups is 1. The van der Waals surface area contributed by atoms with Crippen LogP contribution in [-0.4, -0.2) is 77.5 Å². The number of nitrogens with zero attached hydrogens (tertiary/aromatic N) is 5. The normalized spacial score (nSPS) is 20.8. The number of rotatable bonds is 7. The van der Waals surface area contributed by atoms with Crippen molar-refractivity contribution in [3.8, 4) is 11.3 Å². The van der Waals surface area contributed by atoms with Gasteiger partial charge in [0.25, 0.3) is 0 Å². The molecule has 11 nitrogen and oxygen atoms in total. The average molecular weight is 618 g/mol. The standard InChI is InChI=1S/C32H40ClN9O2/c1-32(35)11-13-42(14-12-32)26-19-36-29(30(34)38-26)23-3-2-4-25(28(23)33)41-17-15-40(16-18-41)20-21-5-7-22(8-6-21)37-24-9-10-27(43)39-31(24)44/h2-8,19,24,37H,9-18,20,35H2,1H3,(H2,34,38)(H,39,43,44). The molecule has 12 heteroatoms. The van der Waals surface area contributed by atoms with E-state index in [0.717, 1.165) is 81.4 Å². The second-order valence-electron chi connectivity index (χ2n) is 12.3. The maximum atomic E-state index is 12.0. The number of halogens is 1. The summed E-state index contributed by atoms with van der Waals surface area (Å²) in [6.07, 6.45) is 4.43. The predicted molar refractivity (Wildman–Crippen MR) is 175 cm³/mol. The van der Waals surface area contributed by atoms with Gasteiger partial charge in [-0.1, -0.05) is 35.9 Å². The SMILES string of the molecule is CC1(N)CCN(c2cnc(-c3cccc(N4CCN(Cc5ccc(NC6CCC(=O)NC6=O)cc5)CC4)c3Cl)c(N)n2)CC1. The highest BCUT2D eigenvalue weighted by molar-refractivity contribution is 6.36. The van der Waals surface area contributed by atoms with Crippen molar-refractivity contribution in [2.24, 2.45) is 5.73 Å². The molecule has 0 aliphatic carbocycles. The van der Waals surface area contributed by atoms with E-state index in [1.165, 1.54) is 5.56 Å². The van der Waals surface area contributed by atoms with E-state index in [1.807, 2.05) is 30.3 Å². The first-order valence-corrected chi connectivity index (χ1v) is 15.6. The smallest absolute Gasteiger partial charge is 0.249 e. The zero-order chi connectivity index (χ0) is 30.8. The van der Waals surface area contributed by atoms with Crippen LogP contribution in [-0.2, 0) is 16.1 Å². The molecule has 0 saturated carbocycles. The largest absolute Gasteiger partial charge is 0.382 e. The number of carbonyl (C=O) groups excluding carboxylic acids is 2. The highest BCUT2D eigenvalue weighted by atomic mass is 35.5. The second kappa shape index (κ2) is 12.6. The fourth-order valence-corrected chi connectivity index (χ4v) is 6.43. The molecule has 3 aliphatic heterocycles. The summed E-state index contributed by atoms with van der Waals surface area (Å²) in [6.45, 7) is 8.05. The van der Waals surface area contributed by atoms with E-state index in [4.69, 9.17) is 28.1 Å². The van der Waals surface area contributed by atoms with Gasteiger partial charge >= 0.3 is 0 Å². The first-order chi connectivity index (χ1) is 21.1. The number of piperidine rings is 2. The fourth-order valence-electron chi connectivity index (χ4n) is 6.09. The topological polar surface area (TPSA) is 146 Å². The summed E-state index contributed by atoms with van der Waals surface area (Å²) in [4.78, 5) is 39.7. The predicted octanol–water partition coefficient (Wildman–Crippen LogP) is 3.24. The van der Waals surface area contributed by atoms with Crippen LogP contribution < -0.4 is 31.9 Å². The molecule has 3 fully saturated rings. The van der Waals surface area contributed by atoms with Crippen LogP contribution in [0.2, 0.25) is 5.02 Å². The summed E-state index contributed by atoms with van der Waals surface area (Å²) in [5.74, 6) is 0.657. The Morgan fingerprint density at radius 3 is 2.43 bits per heavy atom. The van der Waals surface area contributed by atoms with Crippen LogP contribution in [0.25, 0.3) is 11.3 Å². The summed E-state index contributed by atoms with van der Waals surface area (Å²) in [6, 6.07) is 13.7. The molecule has 4 heterocycles. The Morgan fingerprint density at radius 1 is 1.02 bits per heavy atom. The van der Waals surface area contributed by atoms with E-state index in [0.29, 0.717) is 29.4 Å². The first-order valence-electron chi connectivity index (χ1n) is 15.3. The third kappa shape index (κ3) is 6.74. The minimum atomic E-state index is -0.386. The molecule has 1 unspecified atom stereocenters. The lowest BCUT2D eigenvalue weighted by molar-refractivity contribution is -0.133. The lowest BCUT2D eigenvalue weighted by Gasteiger charge is -2.37. The number of aromatic nitrogens is 2. The Bertz CT molecular complexity index is 1510. The molecular weight excluding hydrogens is 578 g/mol. The number of nitrogens with two attached hydrogens (primary N) is 2. The molecule has 0 radical (unpaired) electrons. The molecule has 3 aromatic rings. The van der Waals surface area contributed by atoms with E-state index in [-0.39, 0.29) is 23.4 Å². The highest BCUT2D eigenvalue weighted by Crippen LogP contribution is 2.38. The van der Waals surface area contributed by atoms with Crippen molar-refractivity contribution in [2.45, 2.75) is 50.7 Å². The van der Waals surface area contributed by atoms with Crippen LogP contribution in [0.3, 0.4) is 0 Å². The van der Waals surface area contributed by atoms with Crippen molar-refractivity contribution in [1.29, 1.82) is 0 Å². The molecule has 232 valence electrons. The van der Waals surface area contributed by atoms with Crippen molar-refractivity contribution in [3.63, 3.8) is 0 Å². The Labute approximate surface area is 262 Å². The van der Waals surface area contributed by atoms with Gasteiger partial charge in [0.05, 0.1) is 16.9 Å². The fraction of sp³-hybridized carbons (Fsp3) is 0.438. The molecule has 0 bridgehead atoms. The van der Waals surface area contributed by atoms with Gasteiger partial charge in [-0.05, 0) is 49.9 Å². The van der Waals surface area contributed by atoms with Gasteiger partial charge in [0.1, 0.15) is 17.6 Å². The van der Waals surface area contributed by atoms with Gasteiger partial charge in [-0.15, -0.1) is 0 Å². The highest BCUT2D eigenvalue weighted by Gasteiger charge is 2.28. The van der Waals surface area contributed by atoms with E-state index >= 15 is 0 Å². The van der Waals surface area contributed by atoms with Gasteiger partial charge in [-0.2, -0.15) is 0 Å². The quantitative estimate of drug-likeness (QED) is 0.292. The number of benzene rings is 2. The van der Waals surface area contributed by atoms with Crippen molar-refractivity contribution in [1.82, 2.24) is 20.2 Å². The number of nitrogen functional groups attached to an aromatic ring is 1. The molecular formula is C32H40ClN9O2. The number of hydrogen-bond acceptors (Lipinski definition) is 10. The molecule has 2 aromatic carbocycles. The maximum absolute atomic E-state index is 12.0. The zero-order valence-corrected chi connectivity index (χ0v) is 25.8. The van der Waals surface area contributed by atoms with Crippen molar-refractivity contribution in [3.05, 3.63) is 59.2 Å². The Morgan fingerprint density at radius 2 is 1.75 bits per heavy atom. The van der Waals surface area contributed by atoms with E-state index in [2.05, 4.69) is 49.4 Å². The monoisotopic (exact) mass is 617 g/mol. The summed E-state index contributed by atoms with van der Waals surface area (Å²) in [5, 5.41) is 6.25. The third-order valence-electron chi connectivity index (χ3n) is 8.90. The first kappa shape index (κ1) is 30.1. The van der Waals surface area contributed by atoms with E-state index in [1.54, 1.807) is 6.20 Å². The van der Waals surface area contributed by atoms with Crippen LogP contribution in [0.15, 0.2) is 48.7 Å². The molecule has 0 spiro atoms. The number of hydrogen-bond donors (Lipinski definition) is 4. The van der Waals surface area contributed by atoms with Gasteiger partial charge in [-0.3, -0.25) is 19.8 Å². The number of amides is 2. The van der Waals surface area contributed by atoms with Gasteiger partial charge in [0.15, 0.2) is 5.82 Å². The van der Waals surface area contributed by atoms with Crippen LogP contribution in [0, 0.1) is 0 Å². The molecule has 1 aromatic heterocycles. The molecule has 3 saturated heterocycles. The Kier molecular flexibility index (Phi) is 8.61. The molecule has 6 N–H and O–H groups in total. The average Bonchev–Trinajstić information content (AvgIpc) is 3.00. The lowest BCUT2D eigenvalue weighted by Crippen LogP contribution is -2.48. The molecule has 44 heavy (non-hydrogen) atoms. The van der Waals surface area contributed by atoms with Crippen LogP contribution in [0.1, 0.15) is 38.2 Å². The number of nitrogens with one attached hydrogen (secondary N) is 2. The Balaban J connectivity index is 1.05. The van der Waals surface area contributed by atoms with Crippen LogP contribution >= 0.6 is 11.6 Å². The summed E-state index contributed by atoms with van der Waals surface area (Å²) < 4.78 is 0. The summed E-state index contributed by atoms with van der Waals surface area (Å²) >= 11 is 6.98. The van der Waals surface area contributed by atoms with Crippen molar-refractivity contribution >= 4 is 46.4 Å². The number of anilines is 4. The number of piperazine rings is 1. The van der Waals surface area contributed by atoms with Gasteiger partial charge in [0, 0.05) is 69.0 Å². The van der Waals surface area contributed by atoms with Crippen LogP contribution in [0.5, 0.6) is 0 Å². The van der Waals surface area contributed by atoms with E-state index in [9.17, 15) is 9.59 Å². The lowest BCUT2D eigenvalue weighted by atomic mass is 9.91. The summed E-state index contributed by atoms with van der Waals surface area (Å²) in [7, 11) is 0. The van der Waals surface area contributed by atoms with E-state index < -0.39 is 0 Å². The second-order valence-corrected chi connectivity index (χ2v) is 12.7. The zero-order valence-electron chi connectivity index (χ0n) is 25.1.